The molecule has 0 aliphatic carbocycles. The number of benzene rings is 1. The monoisotopic (exact) mass is 233 g/mol. The fourth-order valence-corrected chi connectivity index (χ4v) is 1.73. The highest BCUT2D eigenvalue weighted by Gasteiger charge is 2.21. The molecule has 0 spiro atoms. The smallest absolute Gasteiger partial charge is 0.343 e. The third-order valence-electron chi connectivity index (χ3n) is 2.45. The molecule has 1 heterocycles. The third-order valence-corrected chi connectivity index (χ3v) is 2.45. The molecule has 2 rings (SSSR count). The summed E-state index contributed by atoms with van der Waals surface area (Å²) in [6.45, 7) is 0. The number of methoxy groups -OCH3 is 2. The van der Waals surface area contributed by atoms with Crippen molar-refractivity contribution in [3.05, 3.63) is 30.0 Å². The number of carbonyl (C=O) groups is 1. The van der Waals surface area contributed by atoms with Crippen molar-refractivity contribution in [3.8, 4) is 11.5 Å². The topological polar surface area (TPSA) is 68.7 Å². The Morgan fingerprint density at radius 3 is 2.71 bits per heavy atom. The van der Waals surface area contributed by atoms with E-state index in [4.69, 9.17) is 9.47 Å². The van der Waals surface area contributed by atoms with Gasteiger partial charge in [-0.25, -0.2) is 4.79 Å². The number of nitrogens with zero attached hydrogens (tertiary/aromatic N) is 1. The first-order valence-corrected chi connectivity index (χ1v) is 4.92. The van der Waals surface area contributed by atoms with Crippen molar-refractivity contribution in [2.75, 3.05) is 14.2 Å². The molecular formula is C12H11NO4. The molecule has 0 radical (unpaired) electrons. The summed E-state index contributed by atoms with van der Waals surface area (Å²) in [7, 11) is 2.83. The molecular weight excluding hydrogens is 222 g/mol. The van der Waals surface area contributed by atoms with Gasteiger partial charge in [-0.3, -0.25) is 4.98 Å². The quantitative estimate of drug-likeness (QED) is 0.877. The maximum Gasteiger partial charge on any atom is 0.343 e. The SMILES string of the molecule is COc1cc2cccnc2c(OC)c1C(=O)O. The highest BCUT2D eigenvalue weighted by atomic mass is 16.5. The van der Waals surface area contributed by atoms with Crippen LogP contribution in [0.25, 0.3) is 10.9 Å². The van der Waals surface area contributed by atoms with Gasteiger partial charge in [-0.15, -0.1) is 0 Å². The molecule has 17 heavy (non-hydrogen) atoms. The van der Waals surface area contributed by atoms with Gasteiger partial charge in [-0.05, 0) is 12.1 Å². The molecule has 1 aromatic heterocycles. The minimum absolute atomic E-state index is 0.0128. The Bertz CT molecular complexity index is 580. The third kappa shape index (κ3) is 1.75. The zero-order valence-electron chi connectivity index (χ0n) is 9.43. The number of carboxylic acids is 1. The molecule has 1 aromatic carbocycles. The van der Waals surface area contributed by atoms with Gasteiger partial charge < -0.3 is 14.6 Å². The van der Waals surface area contributed by atoms with E-state index in [1.165, 1.54) is 14.2 Å². The fourth-order valence-electron chi connectivity index (χ4n) is 1.73. The van der Waals surface area contributed by atoms with Crippen LogP contribution in [0.3, 0.4) is 0 Å². The standard InChI is InChI=1S/C12H11NO4/c1-16-8-6-7-4-3-5-13-10(7)11(17-2)9(8)12(14)15/h3-6H,1-2H3,(H,14,15). The van der Waals surface area contributed by atoms with E-state index in [-0.39, 0.29) is 17.1 Å². The van der Waals surface area contributed by atoms with Gasteiger partial charge in [0.1, 0.15) is 16.8 Å². The molecule has 0 aliphatic rings. The van der Waals surface area contributed by atoms with Gasteiger partial charge in [-0.1, -0.05) is 6.07 Å². The summed E-state index contributed by atoms with van der Waals surface area (Å²) in [6, 6.07) is 5.22. The second-order valence-corrected chi connectivity index (χ2v) is 3.37. The average Bonchev–Trinajstić information content (AvgIpc) is 2.35. The van der Waals surface area contributed by atoms with Crippen LogP contribution in [0.1, 0.15) is 10.4 Å². The Morgan fingerprint density at radius 1 is 1.35 bits per heavy atom. The van der Waals surface area contributed by atoms with E-state index in [0.29, 0.717) is 5.52 Å². The largest absolute Gasteiger partial charge is 0.496 e. The van der Waals surface area contributed by atoms with Gasteiger partial charge in [-0.2, -0.15) is 0 Å². The second-order valence-electron chi connectivity index (χ2n) is 3.37. The van der Waals surface area contributed by atoms with Crippen molar-refractivity contribution < 1.29 is 19.4 Å². The molecule has 1 N–H and O–H groups in total. The normalized spacial score (nSPS) is 10.2. The zero-order valence-corrected chi connectivity index (χ0v) is 9.43. The molecule has 5 nitrogen and oxygen atoms in total. The Morgan fingerprint density at radius 2 is 2.12 bits per heavy atom. The van der Waals surface area contributed by atoms with Crippen LogP contribution in [0.2, 0.25) is 0 Å². The molecule has 0 saturated heterocycles. The maximum atomic E-state index is 11.2. The summed E-state index contributed by atoms with van der Waals surface area (Å²) in [5.41, 5.74) is 0.495. The van der Waals surface area contributed by atoms with Gasteiger partial charge in [0.2, 0.25) is 0 Å². The van der Waals surface area contributed by atoms with E-state index in [1.807, 2.05) is 6.07 Å². The number of fused-ring (bicyclic) bond motifs is 1. The number of rotatable bonds is 3. The predicted molar refractivity (Wildman–Crippen MR) is 61.8 cm³/mol. The van der Waals surface area contributed by atoms with Crippen molar-refractivity contribution in [1.29, 1.82) is 0 Å². The number of hydrogen-bond donors (Lipinski definition) is 1. The first-order chi connectivity index (χ1) is 8.19. The molecule has 5 heteroatoms. The van der Waals surface area contributed by atoms with E-state index in [0.717, 1.165) is 5.39 Å². The van der Waals surface area contributed by atoms with Gasteiger partial charge in [0.25, 0.3) is 0 Å². The number of carboxylic acid groups (broad SMARTS) is 1. The van der Waals surface area contributed by atoms with Crippen LogP contribution < -0.4 is 9.47 Å². The van der Waals surface area contributed by atoms with E-state index < -0.39 is 5.97 Å². The molecule has 2 aromatic rings. The van der Waals surface area contributed by atoms with Crippen LogP contribution in [0, 0.1) is 0 Å². The number of ether oxygens (including phenoxy) is 2. The maximum absolute atomic E-state index is 11.2. The van der Waals surface area contributed by atoms with E-state index in [9.17, 15) is 9.90 Å². The lowest BCUT2D eigenvalue weighted by Gasteiger charge is -2.12. The van der Waals surface area contributed by atoms with E-state index in [1.54, 1.807) is 18.3 Å². The van der Waals surface area contributed by atoms with Crippen LogP contribution in [0.15, 0.2) is 24.4 Å². The van der Waals surface area contributed by atoms with E-state index in [2.05, 4.69) is 4.98 Å². The van der Waals surface area contributed by atoms with Crippen LogP contribution in [-0.2, 0) is 0 Å². The van der Waals surface area contributed by atoms with Crippen LogP contribution in [-0.4, -0.2) is 30.3 Å². The first kappa shape index (κ1) is 11.2. The number of aromatic carboxylic acids is 1. The summed E-state index contributed by atoms with van der Waals surface area (Å²) < 4.78 is 10.2. The summed E-state index contributed by atoms with van der Waals surface area (Å²) >= 11 is 0. The molecule has 88 valence electrons. The molecule has 0 amide bonds. The lowest BCUT2D eigenvalue weighted by Crippen LogP contribution is -2.05. The van der Waals surface area contributed by atoms with Crippen molar-refractivity contribution in [1.82, 2.24) is 4.98 Å². The van der Waals surface area contributed by atoms with E-state index >= 15 is 0 Å². The molecule has 0 unspecified atom stereocenters. The van der Waals surface area contributed by atoms with Crippen LogP contribution in [0.4, 0.5) is 0 Å². The fraction of sp³-hybridized carbons (Fsp3) is 0.167. The number of hydrogen-bond acceptors (Lipinski definition) is 4. The van der Waals surface area contributed by atoms with Crippen LogP contribution in [0.5, 0.6) is 11.5 Å². The number of pyridine rings is 1. The van der Waals surface area contributed by atoms with Crippen molar-refractivity contribution in [3.63, 3.8) is 0 Å². The molecule has 0 fully saturated rings. The Balaban J connectivity index is 2.89. The van der Waals surface area contributed by atoms with Crippen LogP contribution >= 0.6 is 0 Å². The predicted octanol–water partition coefficient (Wildman–Crippen LogP) is 1.95. The Kier molecular flexibility index (Phi) is 2.82. The lowest BCUT2D eigenvalue weighted by atomic mass is 10.1. The first-order valence-electron chi connectivity index (χ1n) is 4.92. The summed E-state index contributed by atoms with van der Waals surface area (Å²) in [4.78, 5) is 15.3. The summed E-state index contributed by atoms with van der Waals surface area (Å²) in [5, 5.41) is 9.95. The van der Waals surface area contributed by atoms with Crippen molar-refractivity contribution >= 4 is 16.9 Å². The zero-order chi connectivity index (χ0) is 12.4. The van der Waals surface area contributed by atoms with Gasteiger partial charge in [0, 0.05) is 11.6 Å². The lowest BCUT2D eigenvalue weighted by molar-refractivity contribution is 0.0690. The summed E-state index contributed by atoms with van der Waals surface area (Å²) in [6.07, 6.45) is 1.59. The molecule has 0 atom stereocenters. The minimum Gasteiger partial charge on any atom is -0.496 e. The van der Waals surface area contributed by atoms with Gasteiger partial charge >= 0.3 is 5.97 Å². The summed E-state index contributed by atoms with van der Waals surface area (Å²) in [5.74, 6) is -0.631. The molecule has 0 aliphatic heterocycles. The Labute approximate surface area is 97.6 Å². The number of aromatic nitrogens is 1. The van der Waals surface area contributed by atoms with Crippen molar-refractivity contribution in [2.45, 2.75) is 0 Å². The average molecular weight is 233 g/mol. The highest BCUT2D eigenvalue weighted by Crippen LogP contribution is 2.35. The van der Waals surface area contributed by atoms with Crippen molar-refractivity contribution in [2.24, 2.45) is 0 Å². The minimum atomic E-state index is -1.11. The Hall–Kier alpha value is -2.30. The molecule has 0 bridgehead atoms. The van der Waals surface area contributed by atoms with Gasteiger partial charge in [0.15, 0.2) is 5.75 Å². The highest BCUT2D eigenvalue weighted by molar-refractivity contribution is 6.02. The van der Waals surface area contributed by atoms with Gasteiger partial charge in [0.05, 0.1) is 14.2 Å². The second kappa shape index (κ2) is 4.29. The molecule has 0 saturated carbocycles.